The van der Waals surface area contributed by atoms with E-state index in [1.54, 1.807) is 13.3 Å². The smallest absolute Gasteiger partial charge is 0.147 e. The molecule has 0 aromatic carbocycles. The molecule has 0 N–H and O–H groups in total. The second kappa shape index (κ2) is 4.68. The number of hydrogen-bond acceptors (Lipinski definition) is 3. The molecule has 3 nitrogen and oxygen atoms in total. The van der Waals surface area contributed by atoms with Crippen LogP contribution in [0.25, 0.3) is 0 Å². The number of nitrogens with zero attached hydrogens (tertiary/aromatic N) is 2. The summed E-state index contributed by atoms with van der Waals surface area (Å²) in [7, 11) is 1.74. The normalized spacial score (nSPS) is 21.0. The Morgan fingerprint density at radius 1 is 1.67 bits per heavy atom. The molecular weight excluding hydrogens is 279 g/mol. The lowest BCUT2D eigenvalue weighted by Gasteiger charge is -2.18. The summed E-state index contributed by atoms with van der Waals surface area (Å²) in [6.07, 6.45) is 3.10. The maximum Gasteiger partial charge on any atom is 0.147 e. The third-order valence-electron chi connectivity index (χ3n) is 2.57. The third-order valence-corrected chi connectivity index (χ3v) is 3.28. The fourth-order valence-electron chi connectivity index (χ4n) is 1.75. The Morgan fingerprint density at radius 3 is 3.07 bits per heavy atom. The molecule has 0 saturated carbocycles. The van der Waals surface area contributed by atoms with E-state index in [0.29, 0.717) is 11.1 Å². The summed E-state index contributed by atoms with van der Waals surface area (Å²) >= 11 is 9.47. The number of aromatic nitrogens is 1. The van der Waals surface area contributed by atoms with Crippen molar-refractivity contribution in [3.63, 3.8) is 0 Å². The topological polar surface area (TPSA) is 25.4 Å². The van der Waals surface area contributed by atoms with Crippen molar-refractivity contribution in [2.45, 2.75) is 12.5 Å². The average molecular weight is 292 g/mol. The zero-order valence-corrected chi connectivity index (χ0v) is 10.8. The van der Waals surface area contributed by atoms with E-state index >= 15 is 0 Å². The lowest BCUT2D eigenvalue weighted by Crippen LogP contribution is -2.23. The summed E-state index contributed by atoms with van der Waals surface area (Å²) < 4.78 is 6.21. The Balaban J connectivity index is 2.17. The monoisotopic (exact) mass is 290 g/mol. The molecule has 1 atom stereocenters. The maximum absolute atomic E-state index is 6.13. The maximum atomic E-state index is 6.13. The third kappa shape index (κ3) is 2.44. The zero-order chi connectivity index (χ0) is 10.8. The van der Waals surface area contributed by atoms with Crippen LogP contribution in [-0.4, -0.2) is 31.3 Å². The highest BCUT2D eigenvalue weighted by atomic mass is 79.9. The van der Waals surface area contributed by atoms with Gasteiger partial charge in [0.2, 0.25) is 0 Å². The SMILES string of the molecule is COC1CCN(c2ncc(Br)cc2Cl)C1. The Hall–Kier alpha value is -0.320. The molecule has 1 aromatic heterocycles. The molecule has 1 aliphatic heterocycles. The molecule has 15 heavy (non-hydrogen) atoms. The van der Waals surface area contributed by atoms with Crippen molar-refractivity contribution in [2.24, 2.45) is 0 Å². The molecule has 1 aliphatic rings. The van der Waals surface area contributed by atoms with Crippen LogP contribution in [0.2, 0.25) is 5.02 Å². The lowest BCUT2D eigenvalue weighted by molar-refractivity contribution is 0.121. The predicted octanol–water partition coefficient (Wildman–Crippen LogP) is 2.72. The largest absolute Gasteiger partial charge is 0.380 e. The summed E-state index contributed by atoms with van der Waals surface area (Å²) in [4.78, 5) is 6.48. The van der Waals surface area contributed by atoms with E-state index in [2.05, 4.69) is 25.8 Å². The van der Waals surface area contributed by atoms with Crippen molar-refractivity contribution in [3.8, 4) is 0 Å². The van der Waals surface area contributed by atoms with Gasteiger partial charge in [0, 0.05) is 30.9 Å². The number of rotatable bonds is 2. The van der Waals surface area contributed by atoms with Crippen LogP contribution < -0.4 is 4.90 Å². The van der Waals surface area contributed by atoms with Gasteiger partial charge in [0.25, 0.3) is 0 Å². The van der Waals surface area contributed by atoms with E-state index in [1.807, 2.05) is 6.07 Å². The Morgan fingerprint density at radius 2 is 2.47 bits per heavy atom. The van der Waals surface area contributed by atoms with Gasteiger partial charge in [-0.25, -0.2) is 4.98 Å². The molecule has 1 unspecified atom stereocenters. The highest BCUT2D eigenvalue weighted by Gasteiger charge is 2.24. The minimum absolute atomic E-state index is 0.298. The minimum Gasteiger partial charge on any atom is -0.380 e. The summed E-state index contributed by atoms with van der Waals surface area (Å²) in [6.45, 7) is 1.82. The molecule has 5 heteroatoms. The van der Waals surface area contributed by atoms with E-state index < -0.39 is 0 Å². The minimum atomic E-state index is 0.298. The van der Waals surface area contributed by atoms with Gasteiger partial charge in [0.1, 0.15) is 5.82 Å². The quantitative estimate of drug-likeness (QED) is 0.838. The molecule has 0 bridgehead atoms. The van der Waals surface area contributed by atoms with Crippen LogP contribution >= 0.6 is 27.5 Å². The molecule has 1 fully saturated rings. The van der Waals surface area contributed by atoms with Crippen LogP contribution in [-0.2, 0) is 4.74 Å². The predicted molar refractivity (Wildman–Crippen MR) is 64.6 cm³/mol. The first-order valence-electron chi connectivity index (χ1n) is 4.79. The van der Waals surface area contributed by atoms with Gasteiger partial charge >= 0.3 is 0 Å². The number of pyridine rings is 1. The van der Waals surface area contributed by atoms with E-state index in [4.69, 9.17) is 16.3 Å². The van der Waals surface area contributed by atoms with E-state index in [9.17, 15) is 0 Å². The molecule has 0 aliphatic carbocycles. The van der Waals surface area contributed by atoms with Gasteiger partial charge in [-0.2, -0.15) is 0 Å². The molecule has 0 amide bonds. The van der Waals surface area contributed by atoms with Crippen molar-refractivity contribution >= 4 is 33.3 Å². The number of ether oxygens (including phenoxy) is 1. The van der Waals surface area contributed by atoms with Crippen molar-refractivity contribution in [1.82, 2.24) is 4.98 Å². The standard InChI is InChI=1S/C10H12BrClN2O/c1-15-8-2-3-14(6-8)10-9(12)4-7(11)5-13-10/h4-5,8H,2-3,6H2,1H3. The van der Waals surface area contributed by atoms with Crippen LogP contribution in [0.3, 0.4) is 0 Å². The van der Waals surface area contributed by atoms with Crippen LogP contribution in [0.4, 0.5) is 5.82 Å². The van der Waals surface area contributed by atoms with Gasteiger partial charge < -0.3 is 9.64 Å². The fraction of sp³-hybridized carbons (Fsp3) is 0.500. The summed E-state index contributed by atoms with van der Waals surface area (Å²) in [5.74, 6) is 0.847. The van der Waals surface area contributed by atoms with Crippen LogP contribution in [0.1, 0.15) is 6.42 Å². The van der Waals surface area contributed by atoms with Gasteiger partial charge in [-0.05, 0) is 28.4 Å². The highest BCUT2D eigenvalue weighted by molar-refractivity contribution is 9.10. The second-order valence-electron chi connectivity index (χ2n) is 3.55. The summed E-state index contributed by atoms with van der Waals surface area (Å²) in [6, 6.07) is 1.87. The Bertz CT molecular complexity index is 361. The van der Waals surface area contributed by atoms with Crippen molar-refractivity contribution < 1.29 is 4.74 Å². The molecule has 1 saturated heterocycles. The van der Waals surface area contributed by atoms with Gasteiger partial charge in [-0.3, -0.25) is 0 Å². The van der Waals surface area contributed by atoms with Gasteiger partial charge in [-0.1, -0.05) is 11.6 Å². The van der Waals surface area contributed by atoms with Crippen LogP contribution in [0, 0.1) is 0 Å². The average Bonchev–Trinajstić information content (AvgIpc) is 2.66. The number of methoxy groups -OCH3 is 1. The van der Waals surface area contributed by atoms with Gasteiger partial charge in [0.15, 0.2) is 0 Å². The highest BCUT2D eigenvalue weighted by Crippen LogP contribution is 2.29. The molecule has 82 valence electrons. The fourth-order valence-corrected chi connectivity index (χ4v) is 2.50. The van der Waals surface area contributed by atoms with Gasteiger partial charge in [0.05, 0.1) is 11.1 Å². The summed E-state index contributed by atoms with van der Waals surface area (Å²) in [5.41, 5.74) is 0. The van der Waals surface area contributed by atoms with Gasteiger partial charge in [-0.15, -0.1) is 0 Å². The first kappa shape index (κ1) is 11.2. The molecule has 0 radical (unpaired) electrons. The molecule has 0 spiro atoms. The first-order chi connectivity index (χ1) is 7.20. The number of hydrogen-bond donors (Lipinski definition) is 0. The number of anilines is 1. The first-order valence-corrected chi connectivity index (χ1v) is 5.96. The van der Waals surface area contributed by atoms with E-state index in [0.717, 1.165) is 29.8 Å². The van der Waals surface area contributed by atoms with Crippen molar-refractivity contribution in [2.75, 3.05) is 25.1 Å². The van der Waals surface area contributed by atoms with Crippen molar-refractivity contribution in [1.29, 1.82) is 0 Å². The molecule has 2 heterocycles. The second-order valence-corrected chi connectivity index (χ2v) is 4.87. The Kier molecular flexibility index (Phi) is 3.49. The van der Waals surface area contributed by atoms with Crippen LogP contribution in [0.15, 0.2) is 16.7 Å². The zero-order valence-electron chi connectivity index (χ0n) is 8.41. The van der Waals surface area contributed by atoms with E-state index in [1.165, 1.54) is 0 Å². The lowest BCUT2D eigenvalue weighted by atomic mass is 10.3. The van der Waals surface area contributed by atoms with Crippen LogP contribution in [0.5, 0.6) is 0 Å². The molecule has 1 aromatic rings. The van der Waals surface area contributed by atoms with E-state index in [-0.39, 0.29) is 0 Å². The molecular formula is C10H12BrClN2O. The molecule has 2 rings (SSSR count). The Labute approximate surface area is 103 Å². The number of halogens is 2. The summed E-state index contributed by atoms with van der Waals surface area (Å²) in [5, 5.41) is 0.682. The van der Waals surface area contributed by atoms with Crippen molar-refractivity contribution in [3.05, 3.63) is 21.8 Å².